The highest BCUT2D eigenvalue weighted by molar-refractivity contribution is 7.89. The Morgan fingerprint density at radius 2 is 1.83 bits per heavy atom. The molecule has 0 saturated heterocycles. The van der Waals surface area contributed by atoms with E-state index in [0.717, 1.165) is 6.07 Å². The number of nitriles is 2. The van der Waals surface area contributed by atoms with Crippen LogP contribution in [0.4, 0.5) is 10.1 Å². The zero-order chi connectivity index (χ0) is 13.8. The van der Waals surface area contributed by atoms with E-state index in [9.17, 15) is 12.8 Å². The topological polar surface area (TPSA) is 111 Å². The number of nitrogens with two attached hydrogens (primary N) is 1. The van der Waals surface area contributed by atoms with Gasteiger partial charge in [0.05, 0.1) is 17.8 Å². The van der Waals surface area contributed by atoms with E-state index in [2.05, 4.69) is 0 Å². The summed E-state index contributed by atoms with van der Waals surface area (Å²) in [6.45, 7) is -1.10. The second kappa shape index (κ2) is 5.45. The Labute approximate surface area is 104 Å². The number of sulfonamides is 1. The summed E-state index contributed by atoms with van der Waals surface area (Å²) in [6.07, 6.45) is 0. The van der Waals surface area contributed by atoms with Gasteiger partial charge in [0.2, 0.25) is 10.0 Å². The summed E-state index contributed by atoms with van der Waals surface area (Å²) in [7, 11) is -4.30. The first-order valence-electron chi connectivity index (χ1n) is 4.73. The number of nitrogens with zero attached hydrogens (tertiary/aromatic N) is 3. The van der Waals surface area contributed by atoms with Crippen molar-refractivity contribution in [3.05, 3.63) is 24.0 Å². The lowest BCUT2D eigenvalue weighted by molar-refractivity contribution is 0.472. The summed E-state index contributed by atoms with van der Waals surface area (Å²) in [5, 5.41) is 17.0. The van der Waals surface area contributed by atoms with Crippen molar-refractivity contribution in [2.24, 2.45) is 0 Å². The molecule has 0 atom stereocenters. The smallest absolute Gasteiger partial charge is 0.249 e. The molecule has 0 fully saturated rings. The monoisotopic (exact) mass is 268 g/mol. The third-order valence-electron chi connectivity index (χ3n) is 2.09. The molecule has 0 bridgehead atoms. The maximum atomic E-state index is 13.5. The average molecular weight is 268 g/mol. The van der Waals surface area contributed by atoms with Gasteiger partial charge in [0, 0.05) is 0 Å². The molecule has 6 nitrogen and oxygen atoms in total. The van der Waals surface area contributed by atoms with Crippen molar-refractivity contribution in [1.29, 1.82) is 10.5 Å². The molecule has 0 radical (unpaired) electrons. The summed E-state index contributed by atoms with van der Waals surface area (Å²) in [5.74, 6) is -1.02. The summed E-state index contributed by atoms with van der Waals surface area (Å²) < 4.78 is 38.2. The van der Waals surface area contributed by atoms with Crippen molar-refractivity contribution in [2.75, 3.05) is 18.8 Å². The Hall–Kier alpha value is -2.16. The Morgan fingerprint density at radius 3 is 2.28 bits per heavy atom. The molecule has 8 heteroatoms. The molecule has 1 rings (SSSR count). The normalized spacial score (nSPS) is 10.9. The molecule has 1 aromatic rings. The van der Waals surface area contributed by atoms with E-state index >= 15 is 0 Å². The fourth-order valence-corrected chi connectivity index (χ4v) is 2.70. The standard InChI is InChI=1S/C10H9FN4O2S/c11-8-2-1-3-9(14)10(8)18(16,17)15(6-4-12)7-5-13/h1-3H,6-7,14H2. The lowest BCUT2D eigenvalue weighted by Crippen LogP contribution is -2.33. The molecule has 0 saturated carbocycles. The van der Waals surface area contributed by atoms with E-state index in [1.165, 1.54) is 12.1 Å². The number of halogens is 1. The van der Waals surface area contributed by atoms with Crippen LogP contribution in [0.2, 0.25) is 0 Å². The highest BCUT2D eigenvalue weighted by atomic mass is 32.2. The summed E-state index contributed by atoms with van der Waals surface area (Å²) in [4.78, 5) is -0.712. The van der Waals surface area contributed by atoms with E-state index in [1.54, 1.807) is 12.1 Å². The highest BCUT2D eigenvalue weighted by Crippen LogP contribution is 2.24. The van der Waals surface area contributed by atoms with Gasteiger partial charge in [-0.1, -0.05) is 6.07 Å². The summed E-state index contributed by atoms with van der Waals surface area (Å²) in [6, 6.07) is 6.64. The maximum absolute atomic E-state index is 13.5. The van der Waals surface area contributed by atoms with Gasteiger partial charge in [0.25, 0.3) is 0 Å². The lowest BCUT2D eigenvalue weighted by Gasteiger charge is -2.17. The highest BCUT2D eigenvalue weighted by Gasteiger charge is 2.29. The molecular weight excluding hydrogens is 259 g/mol. The second-order valence-corrected chi connectivity index (χ2v) is 5.12. The van der Waals surface area contributed by atoms with Crippen molar-refractivity contribution < 1.29 is 12.8 Å². The van der Waals surface area contributed by atoms with E-state index in [1.807, 2.05) is 0 Å². The largest absolute Gasteiger partial charge is 0.398 e. The van der Waals surface area contributed by atoms with Gasteiger partial charge in [-0.3, -0.25) is 0 Å². The number of hydrogen-bond donors (Lipinski definition) is 1. The van der Waals surface area contributed by atoms with Crippen molar-refractivity contribution in [3.63, 3.8) is 0 Å². The van der Waals surface area contributed by atoms with Crippen LogP contribution in [0.15, 0.2) is 23.1 Å². The first-order chi connectivity index (χ1) is 8.45. The molecular formula is C10H9FN4O2S. The molecule has 94 valence electrons. The van der Waals surface area contributed by atoms with E-state index in [0.29, 0.717) is 4.31 Å². The predicted molar refractivity (Wildman–Crippen MR) is 60.8 cm³/mol. The van der Waals surface area contributed by atoms with Crippen molar-refractivity contribution in [3.8, 4) is 12.1 Å². The van der Waals surface area contributed by atoms with Crippen molar-refractivity contribution in [1.82, 2.24) is 4.31 Å². The molecule has 1 aromatic carbocycles. The fraction of sp³-hybridized carbons (Fsp3) is 0.200. The van der Waals surface area contributed by atoms with E-state index in [-0.39, 0.29) is 5.69 Å². The minimum Gasteiger partial charge on any atom is -0.398 e. The third-order valence-corrected chi connectivity index (χ3v) is 3.97. The Kier molecular flexibility index (Phi) is 4.21. The van der Waals surface area contributed by atoms with Crippen LogP contribution in [-0.2, 0) is 10.0 Å². The average Bonchev–Trinajstić information content (AvgIpc) is 2.28. The first kappa shape index (κ1) is 13.9. The van der Waals surface area contributed by atoms with Crippen LogP contribution in [0.25, 0.3) is 0 Å². The zero-order valence-electron chi connectivity index (χ0n) is 9.17. The molecule has 0 unspecified atom stereocenters. The zero-order valence-corrected chi connectivity index (χ0v) is 9.98. The van der Waals surface area contributed by atoms with Crippen molar-refractivity contribution in [2.45, 2.75) is 4.90 Å². The van der Waals surface area contributed by atoms with E-state index in [4.69, 9.17) is 16.3 Å². The van der Waals surface area contributed by atoms with Crippen LogP contribution in [0, 0.1) is 28.5 Å². The molecule has 2 N–H and O–H groups in total. The SMILES string of the molecule is N#CCN(CC#N)S(=O)(=O)c1c(N)cccc1F. The van der Waals surface area contributed by atoms with Crippen molar-refractivity contribution >= 4 is 15.7 Å². The molecule has 0 amide bonds. The van der Waals surface area contributed by atoms with Crippen LogP contribution >= 0.6 is 0 Å². The molecule has 0 aliphatic carbocycles. The molecule has 0 heterocycles. The predicted octanol–water partition coefficient (Wildman–Crippen LogP) is 0.446. The molecule has 0 aliphatic heterocycles. The number of nitrogen functional groups attached to an aromatic ring is 1. The van der Waals surface area contributed by atoms with Gasteiger partial charge >= 0.3 is 0 Å². The third kappa shape index (κ3) is 2.56. The minimum atomic E-state index is -4.30. The molecule has 0 aliphatic rings. The number of anilines is 1. The van der Waals surface area contributed by atoms with E-state index < -0.39 is 33.8 Å². The van der Waals surface area contributed by atoms with Crippen LogP contribution in [0.1, 0.15) is 0 Å². The molecule has 18 heavy (non-hydrogen) atoms. The quantitative estimate of drug-likeness (QED) is 0.629. The van der Waals surface area contributed by atoms with Gasteiger partial charge in [-0.25, -0.2) is 12.8 Å². The fourth-order valence-electron chi connectivity index (χ4n) is 1.31. The number of benzene rings is 1. The van der Waals surface area contributed by atoms with Crippen LogP contribution in [0.5, 0.6) is 0 Å². The number of rotatable bonds is 4. The minimum absolute atomic E-state index is 0.268. The summed E-state index contributed by atoms with van der Waals surface area (Å²) in [5.41, 5.74) is 5.16. The van der Waals surface area contributed by atoms with Gasteiger partial charge in [0.15, 0.2) is 0 Å². The maximum Gasteiger partial charge on any atom is 0.249 e. The van der Waals surface area contributed by atoms with Gasteiger partial charge in [-0.15, -0.1) is 0 Å². The van der Waals surface area contributed by atoms with Gasteiger partial charge in [-0.05, 0) is 12.1 Å². The lowest BCUT2D eigenvalue weighted by atomic mass is 10.3. The van der Waals surface area contributed by atoms with Crippen LogP contribution in [0.3, 0.4) is 0 Å². The van der Waals surface area contributed by atoms with Gasteiger partial charge in [0.1, 0.15) is 23.8 Å². The molecule has 0 spiro atoms. The van der Waals surface area contributed by atoms with Crippen LogP contribution < -0.4 is 5.73 Å². The van der Waals surface area contributed by atoms with Gasteiger partial charge < -0.3 is 5.73 Å². The Balaban J connectivity index is 3.37. The van der Waals surface area contributed by atoms with Crippen LogP contribution in [-0.4, -0.2) is 25.8 Å². The second-order valence-electron chi connectivity index (χ2n) is 3.25. The number of hydrogen-bond acceptors (Lipinski definition) is 5. The Bertz CT molecular complexity index is 594. The Morgan fingerprint density at radius 1 is 1.28 bits per heavy atom. The summed E-state index contributed by atoms with van der Waals surface area (Å²) >= 11 is 0. The first-order valence-corrected chi connectivity index (χ1v) is 6.17. The molecule has 0 aromatic heterocycles. The van der Waals surface area contributed by atoms with Gasteiger partial charge in [-0.2, -0.15) is 14.8 Å².